The van der Waals surface area contributed by atoms with Crippen LogP contribution in [0.3, 0.4) is 0 Å². The van der Waals surface area contributed by atoms with Crippen molar-refractivity contribution in [1.82, 2.24) is 4.57 Å². The lowest BCUT2D eigenvalue weighted by Crippen LogP contribution is -2.12. The molecule has 2 aromatic heterocycles. The van der Waals surface area contributed by atoms with Crippen LogP contribution in [-0.2, 0) is 0 Å². The molecule has 0 fully saturated rings. The molecule has 0 aliphatic carbocycles. The molecule has 0 saturated carbocycles. The predicted octanol–water partition coefficient (Wildman–Crippen LogP) is 16.3. The van der Waals surface area contributed by atoms with E-state index >= 15 is 0 Å². The van der Waals surface area contributed by atoms with Crippen LogP contribution < -0.4 is 4.90 Å². The van der Waals surface area contributed by atoms with Gasteiger partial charge in [-0.2, -0.15) is 0 Å². The molecule has 0 radical (unpaired) electrons. The summed E-state index contributed by atoms with van der Waals surface area (Å²) in [5.41, 5.74) is 15.3. The van der Waals surface area contributed by atoms with Gasteiger partial charge in [0.1, 0.15) is 11.2 Å². The summed E-state index contributed by atoms with van der Waals surface area (Å²) in [7, 11) is 0. The van der Waals surface area contributed by atoms with Gasteiger partial charge in [-0.15, -0.1) is 0 Å². The van der Waals surface area contributed by atoms with Gasteiger partial charge >= 0.3 is 0 Å². The highest BCUT2D eigenvalue weighted by Crippen LogP contribution is 2.46. The Balaban J connectivity index is 1.05. The quantitative estimate of drug-likeness (QED) is 0.161. The third-order valence-electron chi connectivity index (χ3n) is 12.2. The molecule has 0 aliphatic rings. The molecule has 0 aliphatic heterocycles. The second-order valence-electron chi connectivity index (χ2n) is 15.7. The number of benzene rings is 10. The molecule has 12 aromatic rings. The van der Waals surface area contributed by atoms with Crippen molar-refractivity contribution in [3.8, 4) is 39.1 Å². The van der Waals surface area contributed by atoms with Crippen LogP contribution in [0.25, 0.3) is 93.6 Å². The molecule has 0 saturated heterocycles. The Morgan fingerprint density at radius 3 is 1.69 bits per heavy atom. The molecule has 286 valence electrons. The highest BCUT2D eigenvalue weighted by molar-refractivity contribution is 6.14. The lowest BCUT2D eigenvalue weighted by molar-refractivity contribution is 0.670. The Bertz CT molecular complexity index is 3540. The van der Waals surface area contributed by atoms with Gasteiger partial charge in [-0.05, 0) is 99.8 Å². The molecule has 0 unspecified atom stereocenters. The minimum Gasteiger partial charge on any atom is -0.455 e. The van der Waals surface area contributed by atoms with Gasteiger partial charge in [0.2, 0.25) is 0 Å². The first-order valence-corrected chi connectivity index (χ1v) is 20.8. The highest BCUT2D eigenvalue weighted by Gasteiger charge is 2.22. The van der Waals surface area contributed by atoms with Crippen LogP contribution in [0.1, 0.15) is 0 Å². The Morgan fingerprint density at radius 1 is 0.344 bits per heavy atom. The summed E-state index contributed by atoms with van der Waals surface area (Å²) in [6.45, 7) is 0. The summed E-state index contributed by atoms with van der Waals surface area (Å²) in [5, 5.41) is 7.08. The number of hydrogen-bond acceptors (Lipinski definition) is 2. The largest absolute Gasteiger partial charge is 0.455 e. The standard InChI is InChI=1S/C58H38N2O/c1-2-15-39(16-3-1)41-19-12-20-42(35-41)40-31-33-45(34-32-40)59(46-21-13-22-47(38-46)60-55-29-10-6-23-48(55)49-24-7-11-30-56(49)60)54-28-9-8-25-50(54)51-26-14-27-52-53-36-43-17-4-5-18-44(43)37-57(53)61-58(51)52/h1-38H. The molecule has 0 N–H and O–H groups in total. The molecule has 0 spiro atoms. The topological polar surface area (TPSA) is 21.3 Å². The number of aromatic nitrogens is 1. The molecule has 0 bridgehead atoms. The van der Waals surface area contributed by atoms with Crippen LogP contribution in [-0.4, -0.2) is 4.57 Å². The van der Waals surface area contributed by atoms with Gasteiger partial charge in [0.25, 0.3) is 0 Å². The molecule has 10 aromatic carbocycles. The molecule has 0 amide bonds. The van der Waals surface area contributed by atoms with E-state index in [4.69, 9.17) is 4.42 Å². The second-order valence-corrected chi connectivity index (χ2v) is 15.7. The van der Waals surface area contributed by atoms with Gasteiger partial charge in [-0.1, -0.05) is 164 Å². The Hall–Kier alpha value is -8.14. The number of hydrogen-bond donors (Lipinski definition) is 0. The van der Waals surface area contributed by atoms with Gasteiger partial charge in [-0.3, -0.25) is 0 Å². The number of para-hydroxylation sites is 4. The maximum atomic E-state index is 6.83. The van der Waals surface area contributed by atoms with Crippen molar-refractivity contribution < 1.29 is 4.42 Å². The van der Waals surface area contributed by atoms with Crippen molar-refractivity contribution in [3.63, 3.8) is 0 Å². The molecule has 3 nitrogen and oxygen atoms in total. The average Bonchev–Trinajstić information content (AvgIpc) is 3.87. The fraction of sp³-hybridized carbons (Fsp3) is 0. The Labute approximate surface area is 353 Å². The average molecular weight is 779 g/mol. The van der Waals surface area contributed by atoms with E-state index in [-0.39, 0.29) is 0 Å². The van der Waals surface area contributed by atoms with Gasteiger partial charge in [0.05, 0.1) is 16.7 Å². The minimum atomic E-state index is 0.882. The summed E-state index contributed by atoms with van der Waals surface area (Å²) >= 11 is 0. The van der Waals surface area contributed by atoms with Crippen LogP contribution in [0.2, 0.25) is 0 Å². The smallest absolute Gasteiger partial charge is 0.143 e. The molecule has 2 heterocycles. The van der Waals surface area contributed by atoms with Crippen molar-refractivity contribution in [2.24, 2.45) is 0 Å². The predicted molar refractivity (Wildman–Crippen MR) is 257 cm³/mol. The number of rotatable bonds is 7. The number of nitrogens with zero attached hydrogens (tertiary/aromatic N) is 2. The van der Waals surface area contributed by atoms with Gasteiger partial charge in [0.15, 0.2) is 0 Å². The third kappa shape index (κ3) is 5.90. The van der Waals surface area contributed by atoms with Crippen LogP contribution in [0.4, 0.5) is 17.1 Å². The van der Waals surface area contributed by atoms with E-state index in [2.05, 4.69) is 240 Å². The minimum absolute atomic E-state index is 0.882. The van der Waals surface area contributed by atoms with Gasteiger partial charge in [0, 0.05) is 49.7 Å². The van der Waals surface area contributed by atoms with E-state index in [0.29, 0.717) is 0 Å². The van der Waals surface area contributed by atoms with Crippen molar-refractivity contribution in [2.75, 3.05) is 4.90 Å². The highest BCUT2D eigenvalue weighted by atomic mass is 16.3. The number of furan rings is 1. The maximum Gasteiger partial charge on any atom is 0.143 e. The van der Waals surface area contributed by atoms with Crippen LogP contribution in [0.15, 0.2) is 235 Å². The third-order valence-corrected chi connectivity index (χ3v) is 12.2. The Morgan fingerprint density at radius 2 is 0.918 bits per heavy atom. The second kappa shape index (κ2) is 14.3. The summed E-state index contributed by atoms with van der Waals surface area (Å²) in [6, 6.07) is 82.9. The van der Waals surface area contributed by atoms with Crippen molar-refractivity contribution in [1.29, 1.82) is 0 Å². The van der Waals surface area contributed by atoms with Crippen LogP contribution in [0.5, 0.6) is 0 Å². The van der Waals surface area contributed by atoms with E-state index in [1.807, 2.05) is 0 Å². The van der Waals surface area contributed by atoms with Crippen LogP contribution in [0, 0.1) is 0 Å². The monoisotopic (exact) mass is 778 g/mol. The van der Waals surface area contributed by atoms with Crippen molar-refractivity contribution >= 4 is 71.6 Å². The fourth-order valence-corrected chi connectivity index (χ4v) is 9.30. The molecule has 12 rings (SSSR count). The zero-order chi connectivity index (χ0) is 40.3. The van der Waals surface area contributed by atoms with E-state index < -0.39 is 0 Å². The first kappa shape index (κ1) is 34.9. The zero-order valence-electron chi connectivity index (χ0n) is 33.2. The van der Waals surface area contributed by atoms with Crippen LogP contribution >= 0.6 is 0 Å². The normalized spacial score (nSPS) is 11.6. The molecule has 61 heavy (non-hydrogen) atoms. The Kier molecular flexibility index (Phi) is 8.17. The first-order valence-electron chi connectivity index (χ1n) is 20.8. The van der Waals surface area contributed by atoms with E-state index in [0.717, 1.165) is 61.4 Å². The molecular formula is C58H38N2O. The first-order chi connectivity index (χ1) is 30.2. The van der Waals surface area contributed by atoms with Crippen molar-refractivity contribution in [3.05, 3.63) is 231 Å². The lowest BCUT2D eigenvalue weighted by Gasteiger charge is -2.28. The fourth-order valence-electron chi connectivity index (χ4n) is 9.30. The molecule has 3 heteroatoms. The number of anilines is 3. The lowest BCUT2D eigenvalue weighted by atomic mass is 9.97. The summed E-state index contributed by atoms with van der Waals surface area (Å²) in [4.78, 5) is 2.40. The van der Waals surface area contributed by atoms with E-state index in [9.17, 15) is 0 Å². The maximum absolute atomic E-state index is 6.83. The molecular weight excluding hydrogens is 741 g/mol. The van der Waals surface area contributed by atoms with E-state index in [1.165, 1.54) is 49.3 Å². The van der Waals surface area contributed by atoms with E-state index in [1.54, 1.807) is 0 Å². The summed E-state index contributed by atoms with van der Waals surface area (Å²) in [6.07, 6.45) is 0. The van der Waals surface area contributed by atoms with Crippen molar-refractivity contribution in [2.45, 2.75) is 0 Å². The zero-order valence-corrected chi connectivity index (χ0v) is 33.2. The summed E-state index contributed by atoms with van der Waals surface area (Å²) < 4.78 is 9.22. The van der Waals surface area contributed by atoms with Gasteiger partial charge < -0.3 is 13.9 Å². The number of fused-ring (bicyclic) bond motifs is 7. The molecule has 0 atom stereocenters. The van der Waals surface area contributed by atoms with Gasteiger partial charge in [-0.25, -0.2) is 0 Å². The SMILES string of the molecule is c1ccc(-c2cccc(-c3ccc(N(c4cccc(-n5c6ccccc6c6ccccc65)c4)c4ccccc4-c4cccc5c4oc4cc6ccccc6cc45)cc3)c2)cc1. The summed E-state index contributed by atoms with van der Waals surface area (Å²) in [5.74, 6) is 0.